The lowest BCUT2D eigenvalue weighted by Crippen LogP contribution is -2.32. The van der Waals surface area contributed by atoms with Crippen molar-refractivity contribution < 1.29 is 18.0 Å². The van der Waals surface area contributed by atoms with E-state index >= 15 is 0 Å². The van der Waals surface area contributed by atoms with Crippen LogP contribution in [0, 0.1) is 0 Å². The van der Waals surface area contributed by atoms with Crippen LogP contribution < -0.4 is 11.1 Å². The molecule has 0 heterocycles. The molecule has 0 spiro atoms. The first kappa shape index (κ1) is 17.3. The summed E-state index contributed by atoms with van der Waals surface area (Å²) in [4.78, 5) is 13.3. The first-order chi connectivity index (χ1) is 9.84. The highest BCUT2D eigenvalue weighted by Gasteiger charge is 2.30. The van der Waals surface area contributed by atoms with Gasteiger partial charge >= 0.3 is 12.2 Å². The number of urea groups is 1. The minimum atomic E-state index is -4.42. The maximum Gasteiger partial charge on any atom is 0.416 e. The first-order valence-corrected chi connectivity index (χ1v) is 6.74. The Labute approximate surface area is 122 Å². The Balaban J connectivity index is 2.54. The van der Waals surface area contributed by atoms with E-state index in [0.29, 0.717) is 13.1 Å². The predicted molar refractivity (Wildman–Crippen MR) is 76.0 cm³/mol. The quantitative estimate of drug-likeness (QED) is 0.792. The number of anilines is 1. The van der Waals surface area contributed by atoms with E-state index in [4.69, 9.17) is 5.73 Å². The van der Waals surface area contributed by atoms with E-state index in [-0.39, 0.29) is 5.69 Å². The molecule has 118 valence electrons. The molecule has 1 aromatic rings. The molecule has 0 bridgehead atoms. The lowest BCUT2D eigenvalue weighted by molar-refractivity contribution is -0.137. The highest BCUT2D eigenvalue weighted by molar-refractivity contribution is 5.89. The van der Waals surface area contributed by atoms with Gasteiger partial charge in [0.25, 0.3) is 0 Å². The lowest BCUT2D eigenvalue weighted by atomic mass is 10.2. The fourth-order valence-electron chi connectivity index (χ4n) is 1.76. The van der Waals surface area contributed by atoms with Crippen LogP contribution in [0.1, 0.15) is 24.8 Å². The maximum absolute atomic E-state index is 12.6. The number of hydrogen-bond acceptors (Lipinski definition) is 2. The van der Waals surface area contributed by atoms with Crippen molar-refractivity contribution in [3.8, 4) is 0 Å². The molecule has 0 aliphatic carbocycles. The summed E-state index contributed by atoms with van der Waals surface area (Å²) in [5.74, 6) is 0. The van der Waals surface area contributed by atoms with E-state index in [1.54, 1.807) is 7.05 Å². The molecule has 0 unspecified atom stereocenters. The van der Waals surface area contributed by atoms with Crippen LogP contribution in [0.2, 0.25) is 0 Å². The van der Waals surface area contributed by atoms with Gasteiger partial charge in [-0.05, 0) is 37.6 Å². The van der Waals surface area contributed by atoms with E-state index < -0.39 is 17.8 Å². The fraction of sp³-hybridized carbons (Fsp3) is 0.500. The standard InChI is InChI=1S/C14H20F3N3O/c1-20(9-4-2-3-8-18)13(21)19-12-7-5-6-11(10-12)14(15,16)17/h5-7,10H,2-4,8-9,18H2,1H3,(H,19,21). The molecule has 1 aromatic carbocycles. The van der Waals surface area contributed by atoms with Crippen molar-refractivity contribution in [2.24, 2.45) is 5.73 Å². The van der Waals surface area contributed by atoms with Crippen molar-refractivity contribution in [3.63, 3.8) is 0 Å². The highest BCUT2D eigenvalue weighted by Crippen LogP contribution is 2.30. The number of nitrogens with zero attached hydrogens (tertiary/aromatic N) is 1. The number of hydrogen-bond donors (Lipinski definition) is 2. The summed E-state index contributed by atoms with van der Waals surface area (Å²) >= 11 is 0. The summed E-state index contributed by atoms with van der Waals surface area (Å²) in [5.41, 5.74) is 4.71. The normalized spacial score (nSPS) is 11.3. The van der Waals surface area contributed by atoms with Crippen LogP contribution >= 0.6 is 0 Å². The molecule has 0 saturated carbocycles. The van der Waals surface area contributed by atoms with Gasteiger partial charge in [0.05, 0.1) is 5.56 Å². The summed E-state index contributed by atoms with van der Waals surface area (Å²) in [5, 5.41) is 2.46. The third-order valence-electron chi connectivity index (χ3n) is 2.99. The van der Waals surface area contributed by atoms with Crippen molar-refractivity contribution in [1.82, 2.24) is 4.90 Å². The molecule has 7 heteroatoms. The van der Waals surface area contributed by atoms with E-state index in [2.05, 4.69) is 5.32 Å². The molecular weight excluding hydrogens is 283 g/mol. The number of unbranched alkanes of at least 4 members (excludes halogenated alkanes) is 2. The Bertz CT molecular complexity index is 463. The van der Waals surface area contributed by atoms with Crippen LogP contribution in [0.25, 0.3) is 0 Å². The second-order valence-electron chi connectivity index (χ2n) is 4.78. The van der Waals surface area contributed by atoms with Gasteiger partial charge < -0.3 is 16.0 Å². The molecule has 0 aromatic heterocycles. The third kappa shape index (κ3) is 6.03. The zero-order valence-electron chi connectivity index (χ0n) is 11.9. The molecule has 4 nitrogen and oxygen atoms in total. The zero-order valence-corrected chi connectivity index (χ0v) is 11.9. The van der Waals surface area contributed by atoms with Crippen LogP contribution in [0.15, 0.2) is 24.3 Å². The number of halogens is 3. The number of carbonyl (C=O) groups excluding carboxylic acids is 1. The summed E-state index contributed by atoms with van der Waals surface area (Å²) in [6.45, 7) is 1.14. The minimum Gasteiger partial charge on any atom is -0.330 e. The van der Waals surface area contributed by atoms with Crippen LogP contribution in [-0.4, -0.2) is 31.1 Å². The van der Waals surface area contributed by atoms with E-state index in [9.17, 15) is 18.0 Å². The van der Waals surface area contributed by atoms with Gasteiger partial charge in [-0.2, -0.15) is 13.2 Å². The fourth-order valence-corrected chi connectivity index (χ4v) is 1.76. The van der Waals surface area contributed by atoms with Crippen molar-refractivity contribution in [3.05, 3.63) is 29.8 Å². The average Bonchev–Trinajstić information content (AvgIpc) is 2.42. The van der Waals surface area contributed by atoms with Crippen LogP contribution in [-0.2, 0) is 6.18 Å². The van der Waals surface area contributed by atoms with Crippen molar-refractivity contribution >= 4 is 11.7 Å². The Morgan fingerprint density at radius 3 is 2.62 bits per heavy atom. The van der Waals surface area contributed by atoms with Gasteiger partial charge in [-0.15, -0.1) is 0 Å². The second kappa shape index (κ2) is 7.87. The number of nitrogens with one attached hydrogen (secondary N) is 1. The molecule has 0 aliphatic rings. The van der Waals surface area contributed by atoms with Crippen LogP contribution in [0.4, 0.5) is 23.7 Å². The van der Waals surface area contributed by atoms with Crippen LogP contribution in [0.5, 0.6) is 0 Å². The molecular formula is C14H20F3N3O. The number of benzene rings is 1. The number of alkyl halides is 3. The summed E-state index contributed by atoms with van der Waals surface area (Å²) < 4.78 is 37.7. The molecule has 0 saturated heterocycles. The molecule has 2 amide bonds. The molecule has 3 N–H and O–H groups in total. The van der Waals surface area contributed by atoms with Crippen molar-refractivity contribution in [1.29, 1.82) is 0 Å². The maximum atomic E-state index is 12.6. The molecule has 0 fully saturated rings. The molecule has 0 atom stereocenters. The number of nitrogens with two attached hydrogens (primary N) is 1. The molecule has 1 rings (SSSR count). The highest BCUT2D eigenvalue weighted by atomic mass is 19.4. The molecule has 21 heavy (non-hydrogen) atoms. The zero-order chi connectivity index (χ0) is 15.9. The van der Waals surface area contributed by atoms with Gasteiger partial charge in [-0.25, -0.2) is 4.79 Å². The van der Waals surface area contributed by atoms with Gasteiger partial charge in [-0.1, -0.05) is 12.5 Å². The molecule has 0 aliphatic heterocycles. The van der Waals surface area contributed by atoms with Gasteiger partial charge in [0.1, 0.15) is 0 Å². The Morgan fingerprint density at radius 1 is 1.29 bits per heavy atom. The largest absolute Gasteiger partial charge is 0.416 e. The Hall–Kier alpha value is -1.76. The topological polar surface area (TPSA) is 58.4 Å². The van der Waals surface area contributed by atoms with Gasteiger partial charge in [0, 0.05) is 19.3 Å². The Morgan fingerprint density at radius 2 is 2.00 bits per heavy atom. The molecule has 0 radical (unpaired) electrons. The smallest absolute Gasteiger partial charge is 0.330 e. The SMILES string of the molecule is CN(CCCCCN)C(=O)Nc1cccc(C(F)(F)F)c1. The average molecular weight is 303 g/mol. The van der Waals surface area contributed by atoms with Gasteiger partial charge in [0.2, 0.25) is 0 Å². The second-order valence-corrected chi connectivity index (χ2v) is 4.78. The Kier molecular flexibility index (Phi) is 6.48. The van der Waals surface area contributed by atoms with E-state index in [1.807, 2.05) is 0 Å². The number of carbonyl (C=O) groups is 1. The number of amides is 2. The monoisotopic (exact) mass is 303 g/mol. The first-order valence-electron chi connectivity index (χ1n) is 6.74. The third-order valence-corrected chi connectivity index (χ3v) is 2.99. The lowest BCUT2D eigenvalue weighted by Gasteiger charge is -2.18. The van der Waals surface area contributed by atoms with E-state index in [0.717, 1.165) is 31.4 Å². The van der Waals surface area contributed by atoms with Gasteiger partial charge in [-0.3, -0.25) is 0 Å². The summed E-state index contributed by atoms with van der Waals surface area (Å²) in [7, 11) is 1.60. The predicted octanol–water partition coefficient (Wildman–Crippen LogP) is 3.30. The van der Waals surface area contributed by atoms with Crippen molar-refractivity contribution in [2.45, 2.75) is 25.4 Å². The summed E-state index contributed by atoms with van der Waals surface area (Å²) in [6.07, 6.45) is -1.81. The van der Waals surface area contributed by atoms with Crippen molar-refractivity contribution in [2.75, 3.05) is 25.5 Å². The van der Waals surface area contributed by atoms with Gasteiger partial charge in [0.15, 0.2) is 0 Å². The van der Waals surface area contributed by atoms with E-state index in [1.165, 1.54) is 17.0 Å². The van der Waals surface area contributed by atoms with Crippen LogP contribution in [0.3, 0.4) is 0 Å². The number of rotatable bonds is 6. The summed E-state index contributed by atoms with van der Waals surface area (Å²) in [6, 6.07) is 4.14. The minimum absolute atomic E-state index is 0.128.